The van der Waals surface area contributed by atoms with Crippen LogP contribution in [0.3, 0.4) is 0 Å². The monoisotopic (exact) mass is 312 g/mol. The maximum atomic E-state index is 12.5. The number of nitrogens with zero attached hydrogens (tertiary/aromatic N) is 5. The fraction of sp³-hybridized carbons (Fsp3) is 0.438. The third kappa shape index (κ3) is 3.80. The summed E-state index contributed by atoms with van der Waals surface area (Å²) >= 11 is 0. The van der Waals surface area contributed by atoms with E-state index in [9.17, 15) is 4.79 Å². The zero-order valence-electron chi connectivity index (χ0n) is 13.4. The number of anilines is 2. The van der Waals surface area contributed by atoms with Crippen molar-refractivity contribution in [1.82, 2.24) is 20.2 Å². The van der Waals surface area contributed by atoms with Crippen molar-refractivity contribution in [2.75, 3.05) is 23.3 Å². The molecule has 3 heterocycles. The molecule has 0 aromatic carbocycles. The Labute approximate surface area is 135 Å². The molecular formula is C16H20N6O. The second kappa shape index (κ2) is 6.68. The summed E-state index contributed by atoms with van der Waals surface area (Å²) in [7, 11) is 0. The number of carbonyl (C=O) groups excluding carboxylic acids is 1. The van der Waals surface area contributed by atoms with Gasteiger partial charge in [0, 0.05) is 25.0 Å². The molecule has 7 nitrogen and oxygen atoms in total. The summed E-state index contributed by atoms with van der Waals surface area (Å²) in [5.41, 5.74) is 1.71. The van der Waals surface area contributed by atoms with Crippen molar-refractivity contribution in [1.29, 1.82) is 0 Å². The lowest BCUT2D eigenvalue weighted by atomic mass is 9.97. The SMILES string of the molecule is Cc1ccc(N2CCCC(C(=O)Nc3nccc(C)n3)C2)nn1. The summed E-state index contributed by atoms with van der Waals surface area (Å²) in [5, 5.41) is 11.1. The Morgan fingerprint density at radius 1 is 1.22 bits per heavy atom. The Morgan fingerprint density at radius 2 is 2.09 bits per heavy atom. The van der Waals surface area contributed by atoms with Crippen LogP contribution in [0.5, 0.6) is 0 Å². The average Bonchev–Trinajstić information content (AvgIpc) is 2.56. The second-order valence-electron chi connectivity index (χ2n) is 5.83. The van der Waals surface area contributed by atoms with Gasteiger partial charge in [0.05, 0.1) is 11.6 Å². The molecule has 0 spiro atoms. The Balaban J connectivity index is 1.65. The molecule has 0 bridgehead atoms. The van der Waals surface area contributed by atoms with E-state index >= 15 is 0 Å². The average molecular weight is 312 g/mol. The van der Waals surface area contributed by atoms with E-state index in [2.05, 4.69) is 30.4 Å². The van der Waals surface area contributed by atoms with Crippen molar-refractivity contribution in [3.8, 4) is 0 Å². The van der Waals surface area contributed by atoms with Gasteiger partial charge in [0.15, 0.2) is 5.82 Å². The van der Waals surface area contributed by atoms with Gasteiger partial charge in [-0.2, -0.15) is 5.10 Å². The van der Waals surface area contributed by atoms with Crippen molar-refractivity contribution in [3.63, 3.8) is 0 Å². The van der Waals surface area contributed by atoms with E-state index in [-0.39, 0.29) is 11.8 Å². The first-order chi connectivity index (χ1) is 11.1. The van der Waals surface area contributed by atoms with Gasteiger partial charge < -0.3 is 4.90 Å². The summed E-state index contributed by atoms with van der Waals surface area (Å²) in [6, 6.07) is 5.69. The van der Waals surface area contributed by atoms with Crippen LogP contribution in [0.25, 0.3) is 0 Å². The van der Waals surface area contributed by atoms with Crippen molar-refractivity contribution in [2.24, 2.45) is 5.92 Å². The molecule has 1 atom stereocenters. The molecule has 0 radical (unpaired) electrons. The minimum absolute atomic E-state index is 0.0413. The second-order valence-corrected chi connectivity index (χ2v) is 5.83. The van der Waals surface area contributed by atoms with Crippen LogP contribution in [-0.4, -0.2) is 39.2 Å². The van der Waals surface area contributed by atoms with Gasteiger partial charge in [-0.05, 0) is 44.9 Å². The van der Waals surface area contributed by atoms with E-state index < -0.39 is 0 Å². The van der Waals surface area contributed by atoms with Gasteiger partial charge >= 0.3 is 0 Å². The smallest absolute Gasteiger partial charge is 0.231 e. The predicted octanol–water partition coefficient (Wildman–Crippen LogP) is 1.74. The normalized spacial score (nSPS) is 17.8. The number of carbonyl (C=O) groups is 1. The maximum absolute atomic E-state index is 12.5. The molecule has 7 heteroatoms. The third-order valence-electron chi connectivity index (χ3n) is 3.93. The van der Waals surface area contributed by atoms with Gasteiger partial charge in [0.2, 0.25) is 11.9 Å². The van der Waals surface area contributed by atoms with Crippen molar-refractivity contribution in [3.05, 3.63) is 35.8 Å². The molecule has 120 valence electrons. The van der Waals surface area contributed by atoms with Gasteiger partial charge in [0.1, 0.15) is 0 Å². The molecular weight excluding hydrogens is 292 g/mol. The molecule has 1 aliphatic heterocycles. The van der Waals surface area contributed by atoms with E-state index in [1.54, 1.807) is 12.3 Å². The van der Waals surface area contributed by atoms with Crippen molar-refractivity contribution >= 4 is 17.7 Å². The number of hydrogen-bond donors (Lipinski definition) is 1. The lowest BCUT2D eigenvalue weighted by Crippen LogP contribution is -2.41. The van der Waals surface area contributed by atoms with Gasteiger partial charge in [-0.15, -0.1) is 5.10 Å². The quantitative estimate of drug-likeness (QED) is 0.929. The molecule has 1 saturated heterocycles. The highest BCUT2D eigenvalue weighted by molar-refractivity contribution is 5.91. The summed E-state index contributed by atoms with van der Waals surface area (Å²) in [6.45, 7) is 5.30. The van der Waals surface area contributed by atoms with E-state index in [4.69, 9.17) is 0 Å². The number of rotatable bonds is 3. The molecule has 1 unspecified atom stereocenters. The first-order valence-corrected chi connectivity index (χ1v) is 7.77. The number of hydrogen-bond acceptors (Lipinski definition) is 6. The Morgan fingerprint density at radius 3 is 2.83 bits per heavy atom. The zero-order valence-corrected chi connectivity index (χ0v) is 13.4. The Hall–Kier alpha value is -2.57. The first-order valence-electron chi connectivity index (χ1n) is 7.77. The van der Waals surface area contributed by atoms with Crippen LogP contribution in [0.4, 0.5) is 11.8 Å². The van der Waals surface area contributed by atoms with Crippen LogP contribution in [-0.2, 0) is 4.79 Å². The fourth-order valence-electron chi connectivity index (χ4n) is 2.68. The van der Waals surface area contributed by atoms with Crippen LogP contribution in [0.1, 0.15) is 24.2 Å². The Bertz CT molecular complexity index is 687. The summed E-state index contributed by atoms with van der Waals surface area (Å²) in [6.07, 6.45) is 3.45. The number of aromatic nitrogens is 4. The minimum Gasteiger partial charge on any atom is -0.354 e. The minimum atomic E-state index is -0.101. The van der Waals surface area contributed by atoms with E-state index in [1.807, 2.05) is 26.0 Å². The van der Waals surface area contributed by atoms with Crippen LogP contribution in [0.2, 0.25) is 0 Å². The molecule has 1 aliphatic rings. The third-order valence-corrected chi connectivity index (χ3v) is 3.93. The lowest BCUT2D eigenvalue weighted by molar-refractivity contribution is -0.120. The molecule has 1 N–H and O–H groups in total. The molecule has 0 aliphatic carbocycles. The standard InChI is InChI=1S/C16H20N6O/c1-11-7-8-17-16(18-11)19-15(23)13-4-3-9-22(10-13)14-6-5-12(2)20-21-14/h5-8,13H,3-4,9-10H2,1-2H3,(H,17,18,19,23). The Kier molecular flexibility index (Phi) is 4.45. The topological polar surface area (TPSA) is 83.9 Å². The number of nitrogens with one attached hydrogen (secondary N) is 1. The zero-order chi connectivity index (χ0) is 16.2. The van der Waals surface area contributed by atoms with Gasteiger partial charge in [0.25, 0.3) is 0 Å². The van der Waals surface area contributed by atoms with Crippen molar-refractivity contribution < 1.29 is 4.79 Å². The van der Waals surface area contributed by atoms with E-state index in [0.717, 1.165) is 36.6 Å². The molecule has 3 rings (SSSR count). The largest absolute Gasteiger partial charge is 0.354 e. The highest BCUT2D eigenvalue weighted by atomic mass is 16.2. The lowest BCUT2D eigenvalue weighted by Gasteiger charge is -2.32. The fourth-order valence-corrected chi connectivity index (χ4v) is 2.68. The van der Waals surface area contributed by atoms with Crippen LogP contribution in [0.15, 0.2) is 24.4 Å². The highest BCUT2D eigenvalue weighted by Gasteiger charge is 2.27. The maximum Gasteiger partial charge on any atom is 0.231 e. The van der Waals surface area contributed by atoms with Crippen molar-refractivity contribution in [2.45, 2.75) is 26.7 Å². The van der Waals surface area contributed by atoms with Crippen LogP contribution < -0.4 is 10.2 Å². The molecule has 23 heavy (non-hydrogen) atoms. The van der Waals surface area contributed by atoms with Gasteiger partial charge in [-0.3, -0.25) is 10.1 Å². The summed E-state index contributed by atoms with van der Waals surface area (Å²) in [4.78, 5) is 22.9. The molecule has 0 saturated carbocycles. The van der Waals surface area contributed by atoms with Crippen LogP contribution >= 0.6 is 0 Å². The summed E-state index contributed by atoms with van der Waals surface area (Å²) in [5.74, 6) is 1.04. The van der Waals surface area contributed by atoms with E-state index in [1.165, 1.54) is 0 Å². The number of piperidine rings is 1. The number of amides is 1. The first kappa shape index (κ1) is 15.3. The molecule has 1 fully saturated rings. The molecule has 2 aromatic rings. The number of aryl methyl sites for hydroxylation is 2. The molecule has 1 amide bonds. The molecule has 2 aromatic heterocycles. The van der Waals surface area contributed by atoms with E-state index in [0.29, 0.717) is 12.5 Å². The predicted molar refractivity (Wildman–Crippen MR) is 87.1 cm³/mol. The van der Waals surface area contributed by atoms with Crippen LogP contribution in [0, 0.1) is 19.8 Å². The van der Waals surface area contributed by atoms with Gasteiger partial charge in [-0.1, -0.05) is 0 Å². The summed E-state index contributed by atoms with van der Waals surface area (Å²) < 4.78 is 0. The van der Waals surface area contributed by atoms with Gasteiger partial charge in [-0.25, -0.2) is 9.97 Å². The highest BCUT2D eigenvalue weighted by Crippen LogP contribution is 2.22.